The Morgan fingerprint density at radius 2 is 2.08 bits per heavy atom. The van der Waals surface area contributed by atoms with E-state index in [1.54, 1.807) is 36.1 Å². The summed E-state index contributed by atoms with van der Waals surface area (Å²) in [5.74, 6) is -0.513. The zero-order valence-electron chi connectivity index (χ0n) is 15.1. The minimum absolute atomic E-state index is 0. The van der Waals surface area contributed by atoms with E-state index in [0.717, 1.165) is 15.7 Å². The number of hydrogen-bond acceptors (Lipinski definition) is 4. The van der Waals surface area contributed by atoms with E-state index in [1.165, 1.54) is 0 Å². The van der Waals surface area contributed by atoms with E-state index in [1.807, 2.05) is 25.1 Å². The maximum absolute atomic E-state index is 11.1. The van der Waals surface area contributed by atoms with E-state index in [0.29, 0.717) is 17.3 Å². The molecule has 0 aliphatic heterocycles. The van der Waals surface area contributed by atoms with Gasteiger partial charge < -0.3 is 16.4 Å². The quantitative estimate of drug-likeness (QED) is 0.629. The van der Waals surface area contributed by atoms with Crippen LogP contribution in [0.3, 0.4) is 0 Å². The van der Waals surface area contributed by atoms with Crippen LogP contribution in [0.1, 0.15) is 17.3 Å². The number of anilines is 2. The fraction of sp³-hybridized carbons (Fsp3) is 0.118. The average Bonchev–Trinajstić information content (AvgIpc) is 2.93. The standard InChI is InChI=1S/C17H15BrN4O2.Na.H/c1-10-3-4-12(18)8-14(10)21-17-19-6-5-13(20-17)15-7-11(16(23)24)9-22(15)2;;/h3-9H,1-2H3,(H,23,24)(H,19,20,21);;/q;+1;-1. The van der Waals surface area contributed by atoms with Gasteiger partial charge in [0.15, 0.2) is 0 Å². The van der Waals surface area contributed by atoms with Crippen LogP contribution in [0.2, 0.25) is 0 Å². The number of carboxylic acids is 1. The van der Waals surface area contributed by atoms with Crippen molar-refractivity contribution in [3.8, 4) is 11.4 Å². The van der Waals surface area contributed by atoms with Crippen LogP contribution in [0.15, 0.2) is 47.2 Å². The van der Waals surface area contributed by atoms with Crippen molar-refractivity contribution >= 4 is 33.5 Å². The number of benzene rings is 1. The second-order valence-corrected chi connectivity index (χ2v) is 6.30. The van der Waals surface area contributed by atoms with E-state index in [9.17, 15) is 4.79 Å². The summed E-state index contributed by atoms with van der Waals surface area (Å²) in [5.41, 5.74) is 3.56. The summed E-state index contributed by atoms with van der Waals surface area (Å²) in [4.78, 5) is 19.8. The van der Waals surface area contributed by atoms with Crippen molar-refractivity contribution in [1.82, 2.24) is 14.5 Å². The third-order valence-electron chi connectivity index (χ3n) is 3.62. The molecule has 0 spiro atoms. The summed E-state index contributed by atoms with van der Waals surface area (Å²) in [5, 5.41) is 12.3. The van der Waals surface area contributed by atoms with Gasteiger partial charge in [0, 0.05) is 29.6 Å². The normalized spacial score (nSPS) is 10.2. The van der Waals surface area contributed by atoms with Crippen molar-refractivity contribution in [3.05, 3.63) is 58.3 Å². The van der Waals surface area contributed by atoms with Crippen LogP contribution in [0.4, 0.5) is 11.6 Å². The zero-order chi connectivity index (χ0) is 17.3. The molecule has 0 bridgehead atoms. The molecule has 0 amide bonds. The Labute approximate surface area is 177 Å². The van der Waals surface area contributed by atoms with Crippen molar-refractivity contribution in [3.63, 3.8) is 0 Å². The van der Waals surface area contributed by atoms with Crippen LogP contribution in [-0.4, -0.2) is 25.6 Å². The predicted octanol–water partition coefficient (Wildman–Crippen LogP) is 1.11. The number of aromatic nitrogens is 3. The molecule has 0 saturated heterocycles. The Kier molecular flexibility index (Phi) is 6.40. The van der Waals surface area contributed by atoms with Gasteiger partial charge in [-0.25, -0.2) is 14.8 Å². The fourth-order valence-electron chi connectivity index (χ4n) is 2.35. The molecule has 0 saturated carbocycles. The zero-order valence-corrected chi connectivity index (χ0v) is 17.7. The third kappa shape index (κ3) is 4.49. The van der Waals surface area contributed by atoms with Gasteiger partial charge in [-0.1, -0.05) is 22.0 Å². The first-order valence-corrected chi connectivity index (χ1v) is 7.99. The number of hydrogen-bond donors (Lipinski definition) is 2. The van der Waals surface area contributed by atoms with Gasteiger partial charge in [-0.2, -0.15) is 0 Å². The minimum atomic E-state index is -0.964. The number of aryl methyl sites for hydroxylation is 2. The summed E-state index contributed by atoms with van der Waals surface area (Å²) >= 11 is 3.45. The second kappa shape index (κ2) is 8.14. The van der Waals surface area contributed by atoms with Gasteiger partial charge in [0.1, 0.15) is 0 Å². The van der Waals surface area contributed by atoms with Crippen molar-refractivity contribution in [2.45, 2.75) is 6.92 Å². The van der Waals surface area contributed by atoms with E-state index < -0.39 is 5.97 Å². The molecule has 2 heterocycles. The third-order valence-corrected chi connectivity index (χ3v) is 4.11. The first-order chi connectivity index (χ1) is 11.4. The van der Waals surface area contributed by atoms with Gasteiger partial charge in [-0.05, 0) is 36.8 Å². The molecule has 0 unspecified atom stereocenters. The molecule has 25 heavy (non-hydrogen) atoms. The number of rotatable bonds is 4. The second-order valence-electron chi connectivity index (χ2n) is 5.38. The smallest absolute Gasteiger partial charge is 1.00 e. The van der Waals surface area contributed by atoms with Gasteiger partial charge in [-0.15, -0.1) is 0 Å². The summed E-state index contributed by atoms with van der Waals surface area (Å²) in [7, 11) is 1.79. The Balaban J connectivity index is 0.00000169. The average molecular weight is 411 g/mol. The molecular formula is C17H16BrN4NaO2. The Hall–Kier alpha value is -1.67. The van der Waals surface area contributed by atoms with Gasteiger partial charge in [0.25, 0.3) is 0 Å². The van der Waals surface area contributed by atoms with Crippen molar-refractivity contribution in [2.24, 2.45) is 7.05 Å². The molecule has 6 nitrogen and oxygen atoms in total. The summed E-state index contributed by atoms with van der Waals surface area (Å²) in [6, 6.07) is 9.26. The first kappa shape index (κ1) is 19.7. The number of nitrogens with zero attached hydrogens (tertiary/aromatic N) is 3. The molecular weight excluding hydrogens is 395 g/mol. The molecule has 0 aliphatic carbocycles. The van der Waals surface area contributed by atoms with E-state index in [-0.39, 0.29) is 36.5 Å². The van der Waals surface area contributed by atoms with Gasteiger partial charge in [0.2, 0.25) is 5.95 Å². The minimum Gasteiger partial charge on any atom is -1.00 e. The molecule has 2 aromatic heterocycles. The van der Waals surface area contributed by atoms with Crippen molar-refractivity contribution < 1.29 is 40.9 Å². The Bertz CT molecular complexity index is 933. The van der Waals surface area contributed by atoms with E-state index >= 15 is 0 Å². The molecule has 3 aromatic rings. The molecule has 0 atom stereocenters. The number of halogens is 1. The maximum Gasteiger partial charge on any atom is 1.00 e. The first-order valence-electron chi connectivity index (χ1n) is 7.20. The Morgan fingerprint density at radius 3 is 2.76 bits per heavy atom. The van der Waals surface area contributed by atoms with Crippen LogP contribution in [-0.2, 0) is 7.05 Å². The monoisotopic (exact) mass is 410 g/mol. The molecule has 0 fully saturated rings. The van der Waals surface area contributed by atoms with Crippen molar-refractivity contribution in [1.29, 1.82) is 0 Å². The number of nitrogens with one attached hydrogen (secondary N) is 1. The van der Waals surface area contributed by atoms with E-state index in [4.69, 9.17) is 5.11 Å². The molecule has 0 aliphatic rings. The maximum atomic E-state index is 11.1. The van der Waals surface area contributed by atoms with Crippen LogP contribution in [0.5, 0.6) is 0 Å². The molecule has 1 aromatic carbocycles. The SMILES string of the molecule is Cc1ccc(Br)cc1Nc1nccc(-c2cc(C(=O)O)cn2C)n1.[H-].[Na+]. The molecule has 3 rings (SSSR count). The van der Waals surface area contributed by atoms with Gasteiger partial charge in [0.05, 0.1) is 17.0 Å². The topological polar surface area (TPSA) is 80.0 Å². The molecule has 0 radical (unpaired) electrons. The summed E-state index contributed by atoms with van der Waals surface area (Å²) in [6.07, 6.45) is 3.21. The predicted molar refractivity (Wildman–Crippen MR) is 96.7 cm³/mol. The number of aromatic carboxylic acids is 1. The Morgan fingerprint density at radius 1 is 1.32 bits per heavy atom. The molecule has 8 heteroatoms. The van der Waals surface area contributed by atoms with Crippen LogP contribution in [0.25, 0.3) is 11.4 Å². The van der Waals surface area contributed by atoms with Gasteiger partial charge in [-0.3, -0.25) is 0 Å². The molecule has 124 valence electrons. The molecule has 2 N–H and O–H groups in total. The number of carboxylic acid groups (broad SMARTS) is 1. The number of carbonyl (C=O) groups is 1. The van der Waals surface area contributed by atoms with E-state index in [2.05, 4.69) is 31.2 Å². The largest absolute Gasteiger partial charge is 1.00 e. The van der Waals surface area contributed by atoms with Crippen LogP contribution >= 0.6 is 15.9 Å². The summed E-state index contributed by atoms with van der Waals surface area (Å²) < 4.78 is 2.69. The van der Waals surface area contributed by atoms with Gasteiger partial charge >= 0.3 is 35.5 Å². The van der Waals surface area contributed by atoms with Crippen LogP contribution < -0.4 is 34.9 Å². The van der Waals surface area contributed by atoms with Crippen molar-refractivity contribution in [2.75, 3.05) is 5.32 Å². The fourth-order valence-corrected chi connectivity index (χ4v) is 2.71. The summed E-state index contributed by atoms with van der Waals surface area (Å²) in [6.45, 7) is 1.99. The van der Waals surface area contributed by atoms with Crippen LogP contribution in [0, 0.1) is 6.92 Å².